The number of aromatic nitrogens is 1. The molecule has 0 saturated carbocycles. The molecule has 26 heavy (non-hydrogen) atoms. The van der Waals surface area contributed by atoms with E-state index in [1.165, 1.54) is 0 Å². The van der Waals surface area contributed by atoms with Crippen LogP contribution >= 0.6 is 0 Å². The Morgan fingerprint density at radius 3 is 2.69 bits per heavy atom. The Labute approximate surface area is 150 Å². The molecular weight excluding hydrogens is 328 g/mol. The molecule has 1 aromatic heterocycles. The van der Waals surface area contributed by atoms with Crippen molar-refractivity contribution in [3.8, 4) is 17.2 Å². The summed E-state index contributed by atoms with van der Waals surface area (Å²) >= 11 is 0. The Kier molecular flexibility index (Phi) is 4.11. The quantitative estimate of drug-likeness (QED) is 0.580. The van der Waals surface area contributed by atoms with E-state index in [1.807, 2.05) is 48.5 Å². The molecule has 0 saturated heterocycles. The van der Waals surface area contributed by atoms with Gasteiger partial charge in [0.05, 0.1) is 7.11 Å². The molecule has 3 aromatic carbocycles. The molecule has 5 nitrogen and oxygen atoms in total. The first-order chi connectivity index (χ1) is 12.7. The van der Waals surface area contributed by atoms with Crippen LogP contribution in [0.2, 0.25) is 0 Å². The summed E-state index contributed by atoms with van der Waals surface area (Å²) in [7, 11) is 1.57. The van der Waals surface area contributed by atoms with Crippen molar-refractivity contribution >= 4 is 22.7 Å². The number of carbonyl (C=O) groups is 1. The largest absolute Gasteiger partial charge is 0.497 e. The summed E-state index contributed by atoms with van der Waals surface area (Å²) in [6.07, 6.45) is 0. The Balaban J connectivity index is 1.60. The van der Waals surface area contributed by atoms with Crippen LogP contribution in [0.25, 0.3) is 22.6 Å². The molecule has 0 unspecified atom stereocenters. The average molecular weight is 344 g/mol. The molecular formula is C21H16N2O3. The lowest BCUT2D eigenvalue weighted by Crippen LogP contribution is -2.11. The van der Waals surface area contributed by atoms with Crippen molar-refractivity contribution in [2.24, 2.45) is 0 Å². The number of carbonyl (C=O) groups excluding carboxylic acids is 1. The number of rotatable bonds is 4. The molecule has 5 heteroatoms. The van der Waals surface area contributed by atoms with Crippen LogP contribution in [0.1, 0.15) is 10.4 Å². The third-order valence-corrected chi connectivity index (χ3v) is 3.99. The van der Waals surface area contributed by atoms with Crippen LogP contribution in [0.3, 0.4) is 0 Å². The van der Waals surface area contributed by atoms with Crippen LogP contribution in [0.5, 0.6) is 5.75 Å². The second kappa shape index (κ2) is 6.72. The molecule has 0 spiro atoms. The van der Waals surface area contributed by atoms with Crippen molar-refractivity contribution in [1.29, 1.82) is 0 Å². The van der Waals surface area contributed by atoms with Crippen LogP contribution in [0.15, 0.2) is 77.2 Å². The van der Waals surface area contributed by atoms with Gasteiger partial charge in [0.15, 0.2) is 5.58 Å². The van der Waals surface area contributed by atoms with E-state index in [4.69, 9.17) is 9.15 Å². The smallest absolute Gasteiger partial charge is 0.255 e. The molecule has 4 rings (SSSR count). The van der Waals surface area contributed by atoms with E-state index in [1.54, 1.807) is 31.4 Å². The first kappa shape index (κ1) is 15.9. The standard InChI is InChI=1S/C21H16N2O3/c1-25-17-9-5-6-14(13-17)20(24)22-16-8-4-7-15(12-16)21-23-18-10-2-3-11-19(18)26-21/h2-13H,1H3,(H,22,24). The summed E-state index contributed by atoms with van der Waals surface area (Å²) in [5.41, 5.74) is 3.51. The molecule has 0 aliphatic rings. The number of nitrogens with one attached hydrogen (secondary N) is 1. The fourth-order valence-electron chi connectivity index (χ4n) is 2.69. The van der Waals surface area contributed by atoms with E-state index < -0.39 is 0 Å². The van der Waals surface area contributed by atoms with Gasteiger partial charge in [-0.1, -0.05) is 24.3 Å². The number of anilines is 1. The fraction of sp³-hybridized carbons (Fsp3) is 0.0476. The lowest BCUT2D eigenvalue weighted by molar-refractivity contribution is 0.102. The van der Waals surface area contributed by atoms with Gasteiger partial charge >= 0.3 is 0 Å². The number of nitrogens with zero attached hydrogens (tertiary/aromatic N) is 1. The number of methoxy groups -OCH3 is 1. The molecule has 0 atom stereocenters. The second-order valence-corrected chi connectivity index (χ2v) is 5.75. The van der Waals surface area contributed by atoms with Crippen molar-refractivity contribution in [3.63, 3.8) is 0 Å². The van der Waals surface area contributed by atoms with Gasteiger partial charge in [-0.2, -0.15) is 0 Å². The van der Waals surface area contributed by atoms with Gasteiger partial charge in [0.25, 0.3) is 5.91 Å². The van der Waals surface area contributed by atoms with Gasteiger partial charge in [-0.15, -0.1) is 0 Å². The molecule has 0 aliphatic carbocycles. The van der Waals surface area contributed by atoms with E-state index in [0.29, 0.717) is 22.9 Å². The lowest BCUT2D eigenvalue weighted by atomic mass is 10.1. The van der Waals surface area contributed by atoms with Gasteiger partial charge in [-0.3, -0.25) is 4.79 Å². The third-order valence-electron chi connectivity index (χ3n) is 3.99. The Morgan fingerprint density at radius 1 is 1.00 bits per heavy atom. The van der Waals surface area contributed by atoms with E-state index >= 15 is 0 Å². The Bertz CT molecular complexity index is 1050. The predicted molar refractivity (Wildman–Crippen MR) is 100 cm³/mol. The van der Waals surface area contributed by atoms with Gasteiger partial charge in [0.1, 0.15) is 11.3 Å². The molecule has 128 valence electrons. The summed E-state index contributed by atoms with van der Waals surface area (Å²) in [6.45, 7) is 0. The summed E-state index contributed by atoms with van der Waals surface area (Å²) in [6, 6.07) is 22.0. The minimum absolute atomic E-state index is 0.210. The van der Waals surface area contributed by atoms with Gasteiger partial charge in [-0.05, 0) is 48.5 Å². The van der Waals surface area contributed by atoms with Crippen LogP contribution in [-0.2, 0) is 0 Å². The molecule has 1 amide bonds. The Morgan fingerprint density at radius 2 is 1.85 bits per heavy atom. The van der Waals surface area contributed by atoms with E-state index in [9.17, 15) is 4.79 Å². The highest BCUT2D eigenvalue weighted by atomic mass is 16.5. The molecule has 0 radical (unpaired) electrons. The van der Waals surface area contributed by atoms with E-state index in [2.05, 4.69) is 10.3 Å². The first-order valence-corrected chi connectivity index (χ1v) is 8.14. The summed E-state index contributed by atoms with van der Waals surface area (Å²) in [4.78, 5) is 17.0. The predicted octanol–water partition coefficient (Wildman–Crippen LogP) is 4.76. The maximum absolute atomic E-state index is 12.5. The second-order valence-electron chi connectivity index (χ2n) is 5.75. The lowest BCUT2D eigenvalue weighted by Gasteiger charge is -2.07. The number of hydrogen-bond donors (Lipinski definition) is 1. The molecule has 0 bridgehead atoms. The number of para-hydroxylation sites is 2. The highest BCUT2D eigenvalue weighted by molar-refractivity contribution is 6.04. The van der Waals surface area contributed by atoms with Crippen molar-refractivity contribution in [2.45, 2.75) is 0 Å². The SMILES string of the molecule is COc1cccc(C(=O)Nc2cccc(-c3nc4ccccc4o3)c2)c1. The van der Waals surface area contributed by atoms with Crippen LogP contribution in [0.4, 0.5) is 5.69 Å². The van der Waals surface area contributed by atoms with Crippen LogP contribution in [-0.4, -0.2) is 18.0 Å². The van der Waals surface area contributed by atoms with Gasteiger partial charge in [0.2, 0.25) is 5.89 Å². The highest BCUT2D eigenvalue weighted by Gasteiger charge is 2.11. The van der Waals surface area contributed by atoms with Crippen LogP contribution in [0, 0.1) is 0 Å². The number of fused-ring (bicyclic) bond motifs is 1. The van der Waals surface area contributed by atoms with Crippen LogP contribution < -0.4 is 10.1 Å². The average Bonchev–Trinajstić information content (AvgIpc) is 3.12. The molecule has 4 aromatic rings. The monoisotopic (exact) mass is 344 g/mol. The minimum atomic E-state index is -0.210. The molecule has 1 N–H and O–H groups in total. The number of hydrogen-bond acceptors (Lipinski definition) is 4. The highest BCUT2D eigenvalue weighted by Crippen LogP contribution is 2.26. The maximum Gasteiger partial charge on any atom is 0.255 e. The normalized spacial score (nSPS) is 10.7. The summed E-state index contributed by atoms with van der Waals surface area (Å²) in [5, 5.41) is 2.89. The zero-order valence-electron chi connectivity index (χ0n) is 14.1. The number of ether oxygens (including phenoxy) is 1. The maximum atomic E-state index is 12.5. The van der Waals surface area contributed by atoms with Gasteiger partial charge in [0, 0.05) is 16.8 Å². The Hall–Kier alpha value is -3.60. The molecule has 0 fully saturated rings. The third kappa shape index (κ3) is 3.15. The minimum Gasteiger partial charge on any atom is -0.497 e. The van der Waals surface area contributed by atoms with E-state index in [-0.39, 0.29) is 5.91 Å². The summed E-state index contributed by atoms with van der Waals surface area (Å²) in [5.74, 6) is 0.945. The van der Waals surface area contributed by atoms with Crippen molar-refractivity contribution < 1.29 is 13.9 Å². The fourth-order valence-corrected chi connectivity index (χ4v) is 2.69. The van der Waals surface area contributed by atoms with Gasteiger partial charge in [-0.25, -0.2) is 4.98 Å². The van der Waals surface area contributed by atoms with E-state index in [0.717, 1.165) is 16.7 Å². The topological polar surface area (TPSA) is 64.4 Å². The zero-order valence-corrected chi connectivity index (χ0v) is 14.1. The van der Waals surface area contributed by atoms with Crippen molar-refractivity contribution in [2.75, 3.05) is 12.4 Å². The first-order valence-electron chi connectivity index (χ1n) is 8.14. The number of benzene rings is 3. The molecule has 0 aliphatic heterocycles. The summed E-state index contributed by atoms with van der Waals surface area (Å²) < 4.78 is 10.9. The van der Waals surface area contributed by atoms with Crippen molar-refractivity contribution in [3.05, 3.63) is 78.4 Å². The van der Waals surface area contributed by atoms with Crippen molar-refractivity contribution in [1.82, 2.24) is 4.98 Å². The number of oxazole rings is 1. The zero-order chi connectivity index (χ0) is 17.9. The number of amides is 1. The van der Waals surface area contributed by atoms with Gasteiger partial charge < -0.3 is 14.5 Å². The molecule has 1 heterocycles.